The molecular formula is C18H14F4N4OS. The third-order valence-electron chi connectivity index (χ3n) is 3.59. The fourth-order valence-corrected chi connectivity index (χ4v) is 3.35. The first-order valence-corrected chi connectivity index (χ1v) is 10.0. The van der Waals surface area contributed by atoms with Crippen LogP contribution in [0.25, 0.3) is 11.3 Å². The Morgan fingerprint density at radius 1 is 1.04 bits per heavy atom. The summed E-state index contributed by atoms with van der Waals surface area (Å²) in [6, 6.07) is 6.32. The zero-order valence-electron chi connectivity index (χ0n) is 14.5. The van der Waals surface area contributed by atoms with Crippen LogP contribution < -0.4 is 5.32 Å². The van der Waals surface area contributed by atoms with Crippen molar-refractivity contribution in [3.63, 3.8) is 0 Å². The van der Waals surface area contributed by atoms with E-state index in [1.165, 1.54) is 12.3 Å². The van der Waals surface area contributed by atoms with E-state index in [-0.39, 0.29) is 23.0 Å². The monoisotopic (exact) mass is 410 g/mol. The Kier molecular flexibility index (Phi) is 5.32. The van der Waals surface area contributed by atoms with Gasteiger partial charge < -0.3 is 5.32 Å². The van der Waals surface area contributed by atoms with Crippen molar-refractivity contribution in [3.05, 3.63) is 71.4 Å². The summed E-state index contributed by atoms with van der Waals surface area (Å²) in [6.07, 6.45) is 2.04. The largest absolute Gasteiger partial charge is 0.324 e. The maximum absolute atomic E-state index is 14.1. The molecule has 28 heavy (non-hydrogen) atoms. The van der Waals surface area contributed by atoms with Crippen LogP contribution in [0.5, 0.6) is 0 Å². The van der Waals surface area contributed by atoms with E-state index in [4.69, 9.17) is 4.78 Å². The molecule has 1 aromatic heterocycles. The molecule has 10 heteroatoms. The van der Waals surface area contributed by atoms with Crippen LogP contribution in [-0.2, 0) is 15.5 Å². The van der Waals surface area contributed by atoms with Gasteiger partial charge in [-0.3, -0.25) is 4.78 Å². The van der Waals surface area contributed by atoms with Gasteiger partial charge in [0.2, 0.25) is 5.95 Å². The average molecular weight is 410 g/mol. The summed E-state index contributed by atoms with van der Waals surface area (Å²) in [7, 11) is -2.89. The molecule has 2 aromatic carbocycles. The first-order valence-electron chi connectivity index (χ1n) is 7.86. The number of hydrogen-bond donors (Lipinski definition) is 2. The highest BCUT2D eigenvalue weighted by atomic mass is 32.2. The minimum atomic E-state index is -2.89. The van der Waals surface area contributed by atoms with Gasteiger partial charge in [0.15, 0.2) is 5.82 Å². The first kappa shape index (κ1) is 19.7. The molecule has 0 unspecified atom stereocenters. The van der Waals surface area contributed by atoms with Crippen LogP contribution >= 0.6 is 0 Å². The van der Waals surface area contributed by atoms with Crippen molar-refractivity contribution in [1.82, 2.24) is 9.97 Å². The van der Waals surface area contributed by atoms with E-state index in [0.29, 0.717) is 11.6 Å². The van der Waals surface area contributed by atoms with Gasteiger partial charge in [0.05, 0.1) is 11.9 Å². The minimum Gasteiger partial charge on any atom is -0.324 e. The second-order valence-electron chi connectivity index (χ2n) is 6.14. The molecule has 0 saturated carbocycles. The third-order valence-corrected chi connectivity index (χ3v) is 4.47. The molecule has 0 amide bonds. The van der Waals surface area contributed by atoms with Gasteiger partial charge in [-0.25, -0.2) is 31.7 Å². The average Bonchev–Trinajstić information content (AvgIpc) is 2.55. The second kappa shape index (κ2) is 7.55. The summed E-state index contributed by atoms with van der Waals surface area (Å²) in [4.78, 5) is 7.62. The van der Waals surface area contributed by atoms with Gasteiger partial charge in [-0.2, -0.15) is 0 Å². The van der Waals surface area contributed by atoms with E-state index in [1.807, 2.05) is 0 Å². The first-order chi connectivity index (χ1) is 13.1. The van der Waals surface area contributed by atoms with E-state index in [2.05, 4.69) is 15.3 Å². The van der Waals surface area contributed by atoms with Gasteiger partial charge in [0.25, 0.3) is 0 Å². The van der Waals surface area contributed by atoms with Crippen molar-refractivity contribution < 1.29 is 21.8 Å². The summed E-state index contributed by atoms with van der Waals surface area (Å²) in [6.45, 7) is 0. The van der Waals surface area contributed by atoms with Crippen molar-refractivity contribution in [1.29, 1.82) is 4.78 Å². The number of anilines is 2. The number of hydrogen-bond acceptors (Lipinski definition) is 5. The van der Waals surface area contributed by atoms with Crippen LogP contribution in [0.4, 0.5) is 29.2 Å². The van der Waals surface area contributed by atoms with Crippen LogP contribution in [0.3, 0.4) is 0 Å². The molecule has 0 fully saturated rings. The smallest absolute Gasteiger partial charge is 0.227 e. The van der Waals surface area contributed by atoms with Gasteiger partial charge in [-0.1, -0.05) is 0 Å². The fourth-order valence-electron chi connectivity index (χ4n) is 2.55. The molecular weight excluding hydrogens is 396 g/mol. The van der Waals surface area contributed by atoms with Gasteiger partial charge in [-0.15, -0.1) is 0 Å². The number of nitrogens with zero attached hydrogens (tertiary/aromatic N) is 2. The van der Waals surface area contributed by atoms with Gasteiger partial charge in [0, 0.05) is 33.3 Å². The number of rotatable bonds is 5. The lowest BCUT2D eigenvalue weighted by atomic mass is 10.1. The molecule has 146 valence electrons. The van der Waals surface area contributed by atoms with E-state index in [9.17, 15) is 21.8 Å². The van der Waals surface area contributed by atoms with Gasteiger partial charge in [0.1, 0.15) is 23.1 Å². The Morgan fingerprint density at radius 2 is 1.79 bits per heavy atom. The topological polar surface area (TPSA) is 78.7 Å². The fraction of sp³-hybridized carbons (Fsp3) is 0.111. The van der Waals surface area contributed by atoms with E-state index < -0.39 is 38.7 Å². The molecule has 3 aromatic rings. The summed E-state index contributed by atoms with van der Waals surface area (Å²) < 4.78 is 74.0. The zero-order valence-corrected chi connectivity index (χ0v) is 15.3. The van der Waals surface area contributed by atoms with Gasteiger partial charge in [-0.05, 0) is 35.9 Å². The summed E-state index contributed by atoms with van der Waals surface area (Å²) in [5, 5.41) is 2.66. The quantitative estimate of drug-likeness (QED) is 0.602. The molecule has 0 radical (unpaired) electrons. The Bertz CT molecular complexity index is 1150. The summed E-state index contributed by atoms with van der Waals surface area (Å²) in [5.41, 5.74) is -0.161. The summed E-state index contributed by atoms with van der Waals surface area (Å²) in [5.74, 6) is -3.69. The Balaban J connectivity index is 1.96. The van der Waals surface area contributed by atoms with Crippen LogP contribution in [0.1, 0.15) is 5.56 Å². The Labute approximate surface area is 158 Å². The molecule has 0 bridgehead atoms. The lowest BCUT2D eigenvalue weighted by Gasteiger charge is -2.10. The van der Waals surface area contributed by atoms with E-state index in [1.54, 1.807) is 0 Å². The molecule has 1 heterocycles. The number of halogens is 4. The lowest BCUT2D eigenvalue weighted by Crippen LogP contribution is -2.04. The zero-order chi connectivity index (χ0) is 20.5. The highest BCUT2D eigenvalue weighted by molar-refractivity contribution is 7.90. The Morgan fingerprint density at radius 3 is 2.46 bits per heavy atom. The normalized spacial score (nSPS) is 13.2. The molecule has 0 aliphatic carbocycles. The molecule has 5 nitrogen and oxygen atoms in total. The molecule has 1 atom stereocenters. The second-order valence-corrected chi connectivity index (χ2v) is 8.44. The molecule has 0 spiro atoms. The highest BCUT2D eigenvalue weighted by Crippen LogP contribution is 2.26. The minimum absolute atomic E-state index is 0.153. The van der Waals surface area contributed by atoms with Crippen LogP contribution in [-0.4, -0.2) is 20.4 Å². The number of benzene rings is 2. The lowest BCUT2D eigenvalue weighted by molar-refractivity contribution is 0.580. The van der Waals surface area contributed by atoms with E-state index in [0.717, 1.165) is 30.5 Å². The molecule has 2 N–H and O–H groups in total. The van der Waals surface area contributed by atoms with Crippen molar-refractivity contribution >= 4 is 21.4 Å². The van der Waals surface area contributed by atoms with Crippen LogP contribution in [0.2, 0.25) is 0 Å². The highest BCUT2D eigenvalue weighted by Gasteiger charge is 2.15. The van der Waals surface area contributed by atoms with Crippen LogP contribution in [0, 0.1) is 28.0 Å². The standard InChI is InChI=1S/C18H14F4N4OS/c1-28(23,27)9-10-4-12(20)6-13(5-10)25-18-24-8-16(22)17(26-18)14-3-2-11(19)7-15(14)21/h2-8,23H,9H2,1H3,(H,24,25,26)/t28-/m1/s1. The van der Waals surface area contributed by atoms with Crippen LogP contribution in [0.15, 0.2) is 42.6 Å². The van der Waals surface area contributed by atoms with Crippen molar-refractivity contribution in [2.75, 3.05) is 11.6 Å². The maximum Gasteiger partial charge on any atom is 0.227 e. The molecule has 0 aliphatic heterocycles. The molecule has 0 aliphatic rings. The van der Waals surface area contributed by atoms with E-state index >= 15 is 0 Å². The van der Waals surface area contributed by atoms with Crippen molar-refractivity contribution in [2.45, 2.75) is 5.75 Å². The predicted molar refractivity (Wildman–Crippen MR) is 97.5 cm³/mol. The maximum atomic E-state index is 14.1. The number of nitrogens with one attached hydrogen (secondary N) is 2. The van der Waals surface area contributed by atoms with Gasteiger partial charge >= 0.3 is 0 Å². The van der Waals surface area contributed by atoms with Crippen molar-refractivity contribution in [3.8, 4) is 11.3 Å². The predicted octanol–water partition coefficient (Wildman–Crippen LogP) is 4.62. The number of aromatic nitrogens is 2. The molecule has 3 rings (SSSR count). The van der Waals surface area contributed by atoms with Crippen molar-refractivity contribution in [2.24, 2.45) is 0 Å². The third kappa shape index (κ3) is 4.83. The SMILES string of the molecule is C[S@@](=N)(=O)Cc1cc(F)cc(Nc2ncc(F)c(-c3ccc(F)cc3F)n2)c1. The molecule has 0 saturated heterocycles. The summed E-state index contributed by atoms with van der Waals surface area (Å²) >= 11 is 0. The Hall–Kier alpha value is -3.01.